The normalized spacial score (nSPS) is 24.7. The molecule has 1 saturated heterocycles. The number of aliphatic hydroxyl groups is 3. The minimum Gasteiger partial charge on any atom is -0.394 e. The molecule has 0 spiro atoms. The number of aliphatic hydroxyl groups excluding tert-OH is 3. The number of nitrogens with zero attached hydrogens (tertiary/aromatic N) is 4. The lowest BCUT2D eigenvalue weighted by Crippen LogP contribution is -2.33. The molecule has 0 saturated carbocycles. The average Bonchev–Trinajstić information content (AvgIpc) is 3.28. The van der Waals surface area contributed by atoms with Crippen molar-refractivity contribution < 1.29 is 20.1 Å². The smallest absolute Gasteiger partial charge is 0.181 e. The lowest BCUT2D eigenvalue weighted by molar-refractivity contribution is -0.0566. The van der Waals surface area contributed by atoms with Gasteiger partial charge in [0, 0.05) is 10.8 Å². The summed E-state index contributed by atoms with van der Waals surface area (Å²) >= 11 is 7.41. The van der Waals surface area contributed by atoms with Crippen molar-refractivity contribution >= 4 is 40.5 Å². The topological polar surface area (TPSA) is 114 Å². The Morgan fingerprint density at radius 1 is 1.17 bits per heavy atom. The van der Waals surface area contributed by atoms with E-state index >= 15 is 0 Å². The third-order valence-corrected chi connectivity index (χ3v) is 5.82. The maximum atomic E-state index is 10.2. The van der Waals surface area contributed by atoms with E-state index in [-0.39, 0.29) is 0 Å². The molecule has 29 heavy (non-hydrogen) atoms. The molecule has 4 atom stereocenters. The number of aromatic nitrogens is 4. The van der Waals surface area contributed by atoms with Crippen molar-refractivity contribution in [3.63, 3.8) is 0 Å². The molecule has 0 radical (unpaired) electrons. The van der Waals surface area contributed by atoms with E-state index in [0.717, 1.165) is 16.0 Å². The van der Waals surface area contributed by atoms with E-state index in [2.05, 4.69) is 15.1 Å². The van der Waals surface area contributed by atoms with Gasteiger partial charge in [0.15, 0.2) is 11.9 Å². The molecule has 4 rings (SSSR count). The van der Waals surface area contributed by atoms with Crippen LogP contribution < -0.4 is 0 Å². The number of hydrogen-bond donors (Lipinski definition) is 3. The molecule has 3 heterocycles. The Labute approximate surface area is 175 Å². The monoisotopic (exact) mass is 434 g/mol. The van der Waals surface area contributed by atoms with Crippen LogP contribution in [0.4, 0.5) is 0 Å². The highest BCUT2D eigenvalue weighted by Crippen LogP contribution is 2.32. The van der Waals surface area contributed by atoms with E-state index < -0.39 is 31.1 Å². The van der Waals surface area contributed by atoms with Gasteiger partial charge in [-0.1, -0.05) is 35.9 Å². The first-order valence-corrected chi connectivity index (χ1v) is 10.3. The van der Waals surface area contributed by atoms with Crippen LogP contribution in [0, 0.1) is 0 Å². The van der Waals surface area contributed by atoms with Gasteiger partial charge in [0.05, 0.1) is 18.2 Å². The van der Waals surface area contributed by atoms with Gasteiger partial charge < -0.3 is 20.1 Å². The zero-order chi connectivity index (χ0) is 20.4. The van der Waals surface area contributed by atoms with Crippen LogP contribution in [0.2, 0.25) is 5.02 Å². The van der Waals surface area contributed by atoms with Gasteiger partial charge in [-0.25, -0.2) is 14.6 Å². The van der Waals surface area contributed by atoms with E-state index in [0.29, 0.717) is 16.4 Å². The summed E-state index contributed by atoms with van der Waals surface area (Å²) in [5, 5.41) is 35.9. The lowest BCUT2D eigenvalue weighted by Gasteiger charge is -2.15. The molecule has 0 bridgehead atoms. The predicted molar refractivity (Wildman–Crippen MR) is 110 cm³/mol. The summed E-state index contributed by atoms with van der Waals surface area (Å²) in [4.78, 5) is 8.57. The van der Waals surface area contributed by atoms with Gasteiger partial charge in [0.2, 0.25) is 0 Å². The van der Waals surface area contributed by atoms with Crippen molar-refractivity contribution in [2.45, 2.75) is 29.6 Å². The molecule has 1 aliphatic heterocycles. The van der Waals surface area contributed by atoms with Gasteiger partial charge in [-0.3, -0.25) is 0 Å². The fourth-order valence-electron chi connectivity index (χ4n) is 3.11. The molecule has 4 unspecified atom stereocenters. The summed E-state index contributed by atoms with van der Waals surface area (Å²) in [5.41, 5.74) is 1.54. The Bertz CT molecular complexity index is 1010. The van der Waals surface area contributed by atoms with Crippen LogP contribution in [0.1, 0.15) is 11.8 Å². The SMILES string of the molecule is OCC1OC(n2ncc3c(SC/C=C/c4ccc(Cl)cc4)ncnc32)C(O)C1O. The zero-order valence-corrected chi connectivity index (χ0v) is 16.7. The second kappa shape index (κ2) is 8.78. The molecule has 0 amide bonds. The van der Waals surface area contributed by atoms with Crippen molar-refractivity contribution in [3.05, 3.63) is 53.5 Å². The number of fused-ring (bicyclic) bond motifs is 1. The quantitative estimate of drug-likeness (QED) is 0.398. The highest BCUT2D eigenvalue weighted by Gasteiger charge is 2.44. The van der Waals surface area contributed by atoms with E-state index in [1.807, 2.05) is 36.4 Å². The summed E-state index contributed by atoms with van der Waals surface area (Å²) in [6.07, 6.45) is 2.84. The Morgan fingerprint density at radius 2 is 1.97 bits per heavy atom. The first kappa shape index (κ1) is 20.3. The molecule has 1 aliphatic rings. The summed E-state index contributed by atoms with van der Waals surface area (Å²) in [7, 11) is 0. The number of halogens is 1. The lowest BCUT2D eigenvalue weighted by atomic mass is 10.1. The van der Waals surface area contributed by atoms with Gasteiger partial charge in [-0.15, -0.1) is 11.8 Å². The van der Waals surface area contributed by atoms with Crippen molar-refractivity contribution in [2.75, 3.05) is 12.4 Å². The number of hydrogen-bond acceptors (Lipinski definition) is 8. The van der Waals surface area contributed by atoms with E-state index in [1.54, 1.807) is 6.20 Å². The average molecular weight is 435 g/mol. The second-order valence-electron chi connectivity index (χ2n) is 6.50. The van der Waals surface area contributed by atoms with Crippen LogP contribution in [0.25, 0.3) is 17.1 Å². The fourth-order valence-corrected chi connectivity index (χ4v) is 4.01. The molecule has 3 N–H and O–H groups in total. The first-order valence-electron chi connectivity index (χ1n) is 8.94. The Kier molecular flexibility index (Phi) is 6.14. The van der Waals surface area contributed by atoms with E-state index in [9.17, 15) is 15.3 Å². The van der Waals surface area contributed by atoms with Gasteiger partial charge in [-0.2, -0.15) is 5.10 Å². The van der Waals surface area contributed by atoms with Crippen LogP contribution in [0.5, 0.6) is 0 Å². The molecule has 152 valence electrons. The van der Waals surface area contributed by atoms with Crippen LogP contribution in [-0.4, -0.2) is 65.7 Å². The third-order valence-electron chi connectivity index (χ3n) is 4.61. The van der Waals surface area contributed by atoms with Crippen LogP contribution in [-0.2, 0) is 4.74 Å². The maximum Gasteiger partial charge on any atom is 0.181 e. The van der Waals surface area contributed by atoms with E-state index in [1.165, 1.54) is 22.8 Å². The number of ether oxygens (including phenoxy) is 1. The van der Waals surface area contributed by atoms with Crippen molar-refractivity contribution in [3.8, 4) is 0 Å². The van der Waals surface area contributed by atoms with E-state index in [4.69, 9.17) is 16.3 Å². The fraction of sp³-hybridized carbons (Fsp3) is 0.316. The summed E-state index contributed by atoms with van der Waals surface area (Å²) in [5.74, 6) is 0.688. The first-order chi connectivity index (χ1) is 14.1. The van der Waals surface area contributed by atoms with Crippen LogP contribution in [0.3, 0.4) is 0 Å². The summed E-state index contributed by atoms with van der Waals surface area (Å²) < 4.78 is 6.96. The van der Waals surface area contributed by atoms with Crippen molar-refractivity contribution in [1.82, 2.24) is 19.7 Å². The molecule has 8 nitrogen and oxygen atoms in total. The van der Waals surface area contributed by atoms with Crippen LogP contribution in [0.15, 0.2) is 47.9 Å². The maximum absolute atomic E-state index is 10.2. The van der Waals surface area contributed by atoms with Gasteiger partial charge in [0.1, 0.15) is 29.7 Å². The van der Waals surface area contributed by atoms with Crippen molar-refractivity contribution in [1.29, 1.82) is 0 Å². The molecule has 10 heteroatoms. The second-order valence-corrected chi connectivity index (χ2v) is 7.94. The highest BCUT2D eigenvalue weighted by atomic mass is 35.5. The molecule has 3 aromatic rings. The number of thioether (sulfide) groups is 1. The standard InChI is InChI=1S/C19H19ClN4O4S/c20-12-5-3-11(4-6-12)2-1-7-29-18-13-8-23-24(17(13)21-10-22-18)19-16(27)15(26)14(9-25)28-19/h1-6,8,10,14-16,19,25-27H,7,9H2/b2-1+. The number of benzene rings is 1. The Morgan fingerprint density at radius 3 is 2.69 bits per heavy atom. The molecule has 1 aromatic carbocycles. The Balaban J connectivity index is 1.50. The van der Waals surface area contributed by atoms with Crippen LogP contribution >= 0.6 is 23.4 Å². The summed E-state index contributed by atoms with van der Waals surface area (Å²) in [6, 6.07) is 7.57. The Hall–Kier alpha value is -2.01. The molecule has 1 fully saturated rings. The highest BCUT2D eigenvalue weighted by molar-refractivity contribution is 7.99. The minimum absolute atomic E-state index is 0.399. The van der Waals surface area contributed by atoms with Gasteiger partial charge >= 0.3 is 0 Å². The molecular weight excluding hydrogens is 416 g/mol. The predicted octanol–water partition coefficient (Wildman–Crippen LogP) is 1.90. The molecular formula is C19H19ClN4O4S. The van der Waals surface area contributed by atoms with Crippen molar-refractivity contribution in [2.24, 2.45) is 0 Å². The third kappa shape index (κ3) is 4.16. The number of rotatable bonds is 6. The molecule has 2 aromatic heterocycles. The minimum atomic E-state index is -1.22. The zero-order valence-electron chi connectivity index (χ0n) is 15.2. The molecule has 0 aliphatic carbocycles. The van der Waals surface area contributed by atoms with Gasteiger partial charge in [0.25, 0.3) is 0 Å². The summed E-state index contributed by atoms with van der Waals surface area (Å²) in [6.45, 7) is -0.399. The van der Waals surface area contributed by atoms with Gasteiger partial charge in [-0.05, 0) is 17.7 Å². The largest absolute Gasteiger partial charge is 0.394 e.